The van der Waals surface area contributed by atoms with Crippen molar-refractivity contribution < 1.29 is 4.74 Å². The van der Waals surface area contributed by atoms with Gasteiger partial charge in [0.05, 0.1) is 6.10 Å². The molecule has 0 bridgehead atoms. The van der Waals surface area contributed by atoms with Crippen LogP contribution in [0.5, 0.6) is 0 Å². The van der Waals surface area contributed by atoms with E-state index in [1.165, 1.54) is 51.4 Å². The summed E-state index contributed by atoms with van der Waals surface area (Å²) in [4.78, 5) is 0. The van der Waals surface area contributed by atoms with Gasteiger partial charge in [-0.25, -0.2) is 0 Å². The van der Waals surface area contributed by atoms with Gasteiger partial charge in [-0.3, -0.25) is 0 Å². The lowest BCUT2D eigenvalue weighted by Crippen LogP contribution is -2.27. The molecular formula is C22H44OSi. The van der Waals surface area contributed by atoms with Gasteiger partial charge in [0.1, 0.15) is 0 Å². The molecule has 0 saturated heterocycles. The van der Waals surface area contributed by atoms with Crippen molar-refractivity contribution in [1.82, 2.24) is 0 Å². The van der Waals surface area contributed by atoms with E-state index in [4.69, 9.17) is 4.74 Å². The number of methoxy groups -OCH3 is 1. The second kappa shape index (κ2) is 11.0. The van der Waals surface area contributed by atoms with Crippen LogP contribution in [0, 0.1) is 23.7 Å². The van der Waals surface area contributed by atoms with Crippen LogP contribution >= 0.6 is 0 Å². The fourth-order valence-corrected chi connectivity index (χ4v) is 6.67. The molecule has 2 heteroatoms. The molecule has 2 unspecified atom stereocenters. The van der Waals surface area contributed by atoms with E-state index in [1.807, 2.05) is 7.11 Å². The van der Waals surface area contributed by atoms with Gasteiger partial charge in [0.25, 0.3) is 0 Å². The highest BCUT2D eigenvalue weighted by molar-refractivity contribution is 6.35. The molecule has 0 radical (unpaired) electrons. The summed E-state index contributed by atoms with van der Waals surface area (Å²) >= 11 is 0. The van der Waals surface area contributed by atoms with Gasteiger partial charge in [-0.2, -0.15) is 0 Å². The van der Waals surface area contributed by atoms with Gasteiger partial charge in [0.15, 0.2) is 0 Å². The maximum atomic E-state index is 5.76. The zero-order valence-electron chi connectivity index (χ0n) is 17.1. The van der Waals surface area contributed by atoms with E-state index in [0.717, 1.165) is 29.2 Å². The highest BCUT2D eigenvalue weighted by Gasteiger charge is 2.28. The fraction of sp³-hybridized carbons (Fsp3) is 1.00. The van der Waals surface area contributed by atoms with E-state index in [0.29, 0.717) is 6.10 Å². The molecule has 2 saturated carbocycles. The Morgan fingerprint density at radius 1 is 0.875 bits per heavy atom. The Labute approximate surface area is 154 Å². The van der Waals surface area contributed by atoms with E-state index in [9.17, 15) is 0 Å². The van der Waals surface area contributed by atoms with Crippen molar-refractivity contribution in [3.05, 3.63) is 0 Å². The number of rotatable bonds is 9. The van der Waals surface area contributed by atoms with E-state index in [1.54, 1.807) is 25.7 Å². The Balaban J connectivity index is 1.61. The lowest BCUT2D eigenvalue weighted by Gasteiger charge is -2.35. The molecule has 142 valence electrons. The first-order chi connectivity index (χ1) is 11.7. The maximum Gasteiger partial charge on any atom is 0.0599 e. The summed E-state index contributed by atoms with van der Waals surface area (Å²) in [5.74, 6) is 4.04. The van der Waals surface area contributed by atoms with Crippen molar-refractivity contribution in [3.63, 3.8) is 0 Å². The van der Waals surface area contributed by atoms with Gasteiger partial charge in [-0.05, 0) is 42.9 Å². The predicted octanol–water partition coefficient (Wildman–Crippen LogP) is 6.22. The molecule has 2 aliphatic rings. The Bertz CT molecular complexity index is 316. The van der Waals surface area contributed by atoms with Crippen molar-refractivity contribution in [2.75, 3.05) is 7.11 Å². The zero-order valence-corrected chi connectivity index (χ0v) is 18.5. The molecule has 0 aromatic heterocycles. The largest absolute Gasteiger partial charge is 0.381 e. The minimum Gasteiger partial charge on any atom is -0.381 e. The van der Waals surface area contributed by atoms with Crippen molar-refractivity contribution in [1.29, 1.82) is 0 Å². The Kier molecular flexibility index (Phi) is 9.40. The minimum absolute atomic E-state index is 0.221. The van der Waals surface area contributed by atoms with Gasteiger partial charge in [-0.15, -0.1) is 0 Å². The molecule has 1 nitrogen and oxygen atoms in total. The van der Waals surface area contributed by atoms with Gasteiger partial charge in [-0.1, -0.05) is 83.7 Å². The predicted molar refractivity (Wildman–Crippen MR) is 110 cm³/mol. The molecule has 0 spiro atoms. The van der Waals surface area contributed by atoms with Crippen LogP contribution in [0.1, 0.15) is 90.9 Å². The SMILES string of the molecule is CCCC(OC)[C@H]1CC[C@H](CC[C@H]2CC[C@H](C(C)[SiH2]C)CC2)CC1. The van der Waals surface area contributed by atoms with Crippen molar-refractivity contribution in [2.45, 2.75) is 109 Å². The van der Waals surface area contributed by atoms with Gasteiger partial charge in [0, 0.05) is 16.6 Å². The lowest BCUT2D eigenvalue weighted by molar-refractivity contribution is 0.0221. The van der Waals surface area contributed by atoms with Crippen LogP contribution in [0.4, 0.5) is 0 Å². The summed E-state index contributed by atoms with van der Waals surface area (Å²) in [6.07, 6.45) is 18.1. The number of ether oxygens (including phenoxy) is 1. The van der Waals surface area contributed by atoms with Crippen LogP contribution in [-0.2, 0) is 4.74 Å². The molecule has 0 aromatic carbocycles. The van der Waals surface area contributed by atoms with E-state index in [-0.39, 0.29) is 9.52 Å². The average molecular weight is 353 g/mol. The Morgan fingerprint density at radius 3 is 1.79 bits per heavy atom. The maximum absolute atomic E-state index is 5.76. The zero-order chi connectivity index (χ0) is 17.4. The lowest BCUT2D eigenvalue weighted by atomic mass is 9.74. The highest BCUT2D eigenvalue weighted by atomic mass is 28.2. The molecule has 2 atom stereocenters. The molecule has 2 aliphatic carbocycles. The summed E-state index contributed by atoms with van der Waals surface area (Å²) in [5, 5.41) is 0. The third-order valence-corrected chi connectivity index (χ3v) is 9.57. The summed E-state index contributed by atoms with van der Waals surface area (Å²) in [6, 6.07) is 0. The molecular weight excluding hydrogens is 308 g/mol. The van der Waals surface area contributed by atoms with Crippen LogP contribution < -0.4 is 0 Å². The standard InChI is InChI=1S/C22H44OSi/c1-5-6-22(23-3)21-15-11-19(12-16-21)8-7-18-9-13-20(14-10-18)17(2)24-4/h17-22H,5-16,24H2,1-4H3/t17?,18-,19-,20-,21-,22?. The second-order valence-electron chi connectivity index (χ2n) is 9.09. The molecule has 0 amide bonds. The summed E-state index contributed by atoms with van der Waals surface area (Å²) < 4.78 is 5.76. The summed E-state index contributed by atoms with van der Waals surface area (Å²) in [7, 11) is 2.14. The molecule has 0 aliphatic heterocycles. The average Bonchev–Trinajstić information content (AvgIpc) is 2.64. The molecule has 2 rings (SSSR count). The smallest absolute Gasteiger partial charge is 0.0599 e. The van der Waals surface area contributed by atoms with E-state index >= 15 is 0 Å². The van der Waals surface area contributed by atoms with Gasteiger partial charge >= 0.3 is 0 Å². The summed E-state index contributed by atoms with van der Waals surface area (Å²) in [6.45, 7) is 7.32. The van der Waals surface area contributed by atoms with Crippen molar-refractivity contribution in [2.24, 2.45) is 23.7 Å². The quantitative estimate of drug-likeness (QED) is 0.448. The summed E-state index contributed by atoms with van der Waals surface area (Å²) in [5.41, 5.74) is 1.10. The topological polar surface area (TPSA) is 9.23 Å². The van der Waals surface area contributed by atoms with Crippen molar-refractivity contribution >= 4 is 9.52 Å². The molecule has 2 fully saturated rings. The fourth-order valence-electron chi connectivity index (χ4n) is 5.53. The van der Waals surface area contributed by atoms with Crippen LogP contribution in [0.15, 0.2) is 0 Å². The monoisotopic (exact) mass is 352 g/mol. The second-order valence-corrected chi connectivity index (χ2v) is 11.2. The first-order valence-electron chi connectivity index (χ1n) is 11.2. The number of hydrogen-bond acceptors (Lipinski definition) is 1. The van der Waals surface area contributed by atoms with E-state index in [2.05, 4.69) is 20.4 Å². The molecule has 0 heterocycles. The highest BCUT2D eigenvalue weighted by Crippen LogP contribution is 2.40. The van der Waals surface area contributed by atoms with Crippen LogP contribution in [-0.4, -0.2) is 22.7 Å². The first-order valence-corrected chi connectivity index (χ1v) is 13.4. The van der Waals surface area contributed by atoms with Crippen LogP contribution in [0.25, 0.3) is 0 Å². The molecule has 0 N–H and O–H groups in total. The Morgan fingerprint density at radius 2 is 1.38 bits per heavy atom. The molecule has 24 heavy (non-hydrogen) atoms. The van der Waals surface area contributed by atoms with Gasteiger partial charge < -0.3 is 4.74 Å². The van der Waals surface area contributed by atoms with Crippen molar-refractivity contribution in [3.8, 4) is 0 Å². The molecule has 0 aromatic rings. The Hall–Kier alpha value is 0.177. The van der Waals surface area contributed by atoms with Crippen LogP contribution in [0.2, 0.25) is 12.1 Å². The third kappa shape index (κ3) is 6.16. The normalized spacial score (nSPS) is 34.5. The minimum atomic E-state index is 0.221. The third-order valence-electron chi connectivity index (χ3n) is 7.62. The van der Waals surface area contributed by atoms with E-state index < -0.39 is 0 Å². The van der Waals surface area contributed by atoms with Gasteiger partial charge in [0.2, 0.25) is 0 Å². The van der Waals surface area contributed by atoms with Crippen LogP contribution in [0.3, 0.4) is 0 Å². The number of hydrogen-bond donors (Lipinski definition) is 0. The first kappa shape index (κ1) is 20.5.